The lowest BCUT2D eigenvalue weighted by atomic mass is 10.1. The normalized spacial score (nSPS) is 11.1. The van der Waals surface area contributed by atoms with E-state index in [4.69, 9.17) is 0 Å². The third-order valence-corrected chi connectivity index (χ3v) is 6.29. The van der Waals surface area contributed by atoms with Crippen LogP contribution < -0.4 is 9.62 Å². The van der Waals surface area contributed by atoms with E-state index in [0.29, 0.717) is 5.69 Å². The van der Waals surface area contributed by atoms with Crippen molar-refractivity contribution < 1.29 is 17.6 Å². The minimum Gasteiger partial charge on any atom is -0.324 e. The lowest BCUT2D eigenvalue weighted by Gasteiger charge is -2.25. The van der Waals surface area contributed by atoms with E-state index in [1.54, 1.807) is 30.3 Å². The fourth-order valence-electron chi connectivity index (χ4n) is 2.81. The van der Waals surface area contributed by atoms with Gasteiger partial charge in [0.1, 0.15) is 12.4 Å². The molecule has 1 amide bonds. The molecule has 1 N–H and O–H groups in total. The van der Waals surface area contributed by atoms with Gasteiger partial charge >= 0.3 is 0 Å². The van der Waals surface area contributed by atoms with E-state index in [9.17, 15) is 17.6 Å². The summed E-state index contributed by atoms with van der Waals surface area (Å²) in [6, 6.07) is 18.6. The van der Waals surface area contributed by atoms with Crippen LogP contribution in [0.4, 0.5) is 15.8 Å². The molecule has 3 rings (SSSR count). The summed E-state index contributed by atoms with van der Waals surface area (Å²) in [7, 11) is -3.98. The van der Waals surface area contributed by atoms with Crippen LogP contribution in [0.25, 0.3) is 0 Å². The molecule has 0 unspecified atom stereocenters. The molecule has 150 valence electrons. The van der Waals surface area contributed by atoms with Crippen molar-refractivity contribution in [3.8, 4) is 0 Å². The van der Waals surface area contributed by atoms with E-state index in [-0.39, 0.29) is 10.6 Å². The molecule has 0 fully saturated rings. The van der Waals surface area contributed by atoms with Crippen molar-refractivity contribution in [1.29, 1.82) is 0 Å². The minimum absolute atomic E-state index is 0.0804. The Morgan fingerprint density at radius 2 is 1.66 bits per heavy atom. The van der Waals surface area contributed by atoms with Crippen molar-refractivity contribution in [2.24, 2.45) is 0 Å². The fourth-order valence-corrected chi connectivity index (χ4v) is 4.25. The van der Waals surface area contributed by atoms with Gasteiger partial charge in [0.15, 0.2) is 0 Å². The number of aryl methyl sites for hydroxylation is 2. The molecule has 0 saturated heterocycles. The van der Waals surface area contributed by atoms with E-state index in [0.717, 1.165) is 15.4 Å². The Morgan fingerprint density at radius 1 is 0.931 bits per heavy atom. The van der Waals surface area contributed by atoms with Crippen LogP contribution in [0.2, 0.25) is 0 Å². The van der Waals surface area contributed by atoms with Crippen molar-refractivity contribution in [3.05, 3.63) is 89.7 Å². The van der Waals surface area contributed by atoms with Crippen molar-refractivity contribution >= 4 is 27.3 Å². The number of rotatable bonds is 6. The smallest absolute Gasteiger partial charge is 0.264 e. The van der Waals surface area contributed by atoms with E-state index in [2.05, 4.69) is 5.32 Å². The maximum atomic E-state index is 13.4. The summed E-state index contributed by atoms with van der Waals surface area (Å²) in [5.74, 6) is -1.07. The van der Waals surface area contributed by atoms with Crippen molar-refractivity contribution in [3.63, 3.8) is 0 Å². The van der Waals surface area contributed by atoms with Crippen LogP contribution in [-0.2, 0) is 14.8 Å². The van der Waals surface area contributed by atoms with Crippen molar-refractivity contribution in [2.75, 3.05) is 16.2 Å². The molecule has 3 aromatic rings. The standard InChI is InChI=1S/C22H21FN2O3S/c1-16-11-12-20(13-17(16)2)25(29(27,28)21-9-4-3-5-10-21)15-22(26)24-19-8-6-7-18(23)14-19/h3-14H,15H2,1-2H3,(H,24,26). The third kappa shape index (κ3) is 4.81. The molecule has 7 heteroatoms. The summed E-state index contributed by atoms with van der Waals surface area (Å²) in [6.45, 7) is 3.35. The topological polar surface area (TPSA) is 66.5 Å². The summed E-state index contributed by atoms with van der Waals surface area (Å²) in [5, 5.41) is 2.55. The second-order valence-electron chi connectivity index (χ2n) is 6.65. The molecule has 0 aliphatic heterocycles. The summed E-state index contributed by atoms with van der Waals surface area (Å²) < 4.78 is 41.0. The zero-order chi connectivity index (χ0) is 21.0. The van der Waals surface area contributed by atoms with Crippen LogP contribution in [0.3, 0.4) is 0 Å². The first-order valence-electron chi connectivity index (χ1n) is 8.98. The van der Waals surface area contributed by atoms with E-state index >= 15 is 0 Å². The Kier molecular flexibility index (Phi) is 5.98. The number of sulfonamides is 1. The lowest BCUT2D eigenvalue weighted by Crippen LogP contribution is -2.38. The number of hydrogen-bond donors (Lipinski definition) is 1. The van der Waals surface area contributed by atoms with Crippen molar-refractivity contribution in [2.45, 2.75) is 18.7 Å². The highest BCUT2D eigenvalue weighted by Gasteiger charge is 2.27. The van der Waals surface area contributed by atoms with Gasteiger partial charge in [-0.3, -0.25) is 9.10 Å². The lowest BCUT2D eigenvalue weighted by molar-refractivity contribution is -0.114. The van der Waals surface area contributed by atoms with Crippen LogP contribution >= 0.6 is 0 Å². The molecule has 0 saturated carbocycles. The summed E-state index contributed by atoms with van der Waals surface area (Å²) in [4.78, 5) is 12.7. The van der Waals surface area contributed by atoms with Crippen LogP contribution in [0.1, 0.15) is 11.1 Å². The number of hydrogen-bond acceptors (Lipinski definition) is 3. The van der Waals surface area contributed by atoms with Crippen LogP contribution in [0.15, 0.2) is 77.7 Å². The SMILES string of the molecule is Cc1ccc(N(CC(=O)Nc2cccc(F)c2)S(=O)(=O)c2ccccc2)cc1C. The average Bonchev–Trinajstić information content (AvgIpc) is 2.69. The number of benzene rings is 3. The zero-order valence-corrected chi connectivity index (χ0v) is 16.9. The Labute approximate surface area is 169 Å². The maximum absolute atomic E-state index is 13.4. The maximum Gasteiger partial charge on any atom is 0.264 e. The number of anilines is 2. The van der Waals surface area contributed by atoms with Gasteiger partial charge < -0.3 is 5.32 Å². The Balaban J connectivity index is 1.96. The molecule has 0 heterocycles. The van der Waals surface area contributed by atoms with Crippen LogP contribution in [0.5, 0.6) is 0 Å². The monoisotopic (exact) mass is 412 g/mol. The summed E-state index contributed by atoms with van der Waals surface area (Å²) >= 11 is 0. The number of amides is 1. The van der Waals surface area contributed by atoms with E-state index in [1.807, 2.05) is 19.9 Å². The van der Waals surface area contributed by atoms with Gasteiger partial charge in [0.2, 0.25) is 5.91 Å². The number of carbonyl (C=O) groups excluding carboxylic acids is 1. The molecule has 3 aromatic carbocycles. The van der Waals surface area contributed by atoms with Gasteiger partial charge in [0.25, 0.3) is 10.0 Å². The second kappa shape index (κ2) is 8.45. The predicted molar refractivity (Wildman–Crippen MR) is 112 cm³/mol. The van der Waals surface area contributed by atoms with Crippen LogP contribution in [-0.4, -0.2) is 20.9 Å². The quantitative estimate of drug-likeness (QED) is 0.657. The van der Waals surface area contributed by atoms with Gasteiger partial charge in [-0.15, -0.1) is 0 Å². The molecule has 0 aliphatic rings. The minimum atomic E-state index is -3.98. The highest BCUT2D eigenvalue weighted by molar-refractivity contribution is 7.92. The molecular weight excluding hydrogens is 391 g/mol. The average molecular weight is 412 g/mol. The fraction of sp³-hybridized carbons (Fsp3) is 0.136. The number of carbonyl (C=O) groups is 1. The molecule has 29 heavy (non-hydrogen) atoms. The predicted octanol–water partition coefficient (Wildman–Crippen LogP) is 4.28. The molecule has 0 spiro atoms. The van der Waals surface area contributed by atoms with Gasteiger partial charge in [0.05, 0.1) is 10.6 Å². The van der Waals surface area contributed by atoms with Gasteiger partial charge in [0, 0.05) is 5.69 Å². The molecule has 0 aliphatic carbocycles. The molecule has 0 bridgehead atoms. The van der Waals surface area contributed by atoms with Crippen molar-refractivity contribution in [1.82, 2.24) is 0 Å². The molecular formula is C22H21FN2O3S. The number of nitrogens with zero attached hydrogens (tertiary/aromatic N) is 1. The highest BCUT2D eigenvalue weighted by atomic mass is 32.2. The second-order valence-corrected chi connectivity index (χ2v) is 8.51. The Bertz CT molecular complexity index is 1130. The largest absolute Gasteiger partial charge is 0.324 e. The van der Waals surface area contributed by atoms with Crippen LogP contribution in [0, 0.1) is 19.7 Å². The molecule has 5 nitrogen and oxygen atoms in total. The van der Waals surface area contributed by atoms with Gasteiger partial charge in [-0.1, -0.05) is 30.3 Å². The van der Waals surface area contributed by atoms with Gasteiger partial charge in [-0.25, -0.2) is 12.8 Å². The number of halogens is 1. The first-order valence-corrected chi connectivity index (χ1v) is 10.4. The molecule has 0 radical (unpaired) electrons. The Morgan fingerprint density at radius 3 is 2.31 bits per heavy atom. The number of nitrogens with one attached hydrogen (secondary N) is 1. The van der Waals surface area contributed by atoms with E-state index < -0.39 is 28.3 Å². The van der Waals surface area contributed by atoms with Gasteiger partial charge in [-0.2, -0.15) is 0 Å². The Hall–Kier alpha value is -3.19. The van der Waals surface area contributed by atoms with Gasteiger partial charge in [-0.05, 0) is 67.4 Å². The summed E-state index contributed by atoms with van der Waals surface area (Å²) in [6.07, 6.45) is 0. The molecule has 0 aromatic heterocycles. The zero-order valence-electron chi connectivity index (χ0n) is 16.1. The summed E-state index contributed by atoms with van der Waals surface area (Å²) in [5.41, 5.74) is 2.55. The first-order chi connectivity index (χ1) is 13.8. The first kappa shape index (κ1) is 20.5. The third-order valence-electron chi connectivity index (χ3n) is 4.51. The highest BCUT2D eigenvalue weighted by Crippen LogP contribution is 2.26. The van der Waals surface area contributed by atoms with E-state index in [1.165, 1.54) is 36.4 Å². The molecule has 0 atom stereocenters.